The number of nitrogens with one attached hydrogen (secondary N) is 1. The van der Waals surface area contributed by atoms with Crippen LogP contribution in [0.2, 0.25) is 0 Å². The number of carbonyl (C=O) groups is 1. The fourth-order valence-corrected chi connectivity index (χ4v) is 2.32. The van der Waals surface area contributed by atoms with E-state index in [0.29, 0.717) is 0 Å². The zero-order valence-corrected chi connectivity index (χ0v) is 12.8. The molecule has 0 fully saturated rings. The molecule has 0 bridgehead atoms. The number of primary sulfonamides is 1. The van der Waals surface area contributed by atoms with Crippen molar-refractivity contribution in [3.05, 3.63) is 29.8 Å². The van der Waals surface area contributed by atoms with Gasteiger partial charge in [-0.1, -0.05) is 20.3 Å². The summed E-state index contributed by atoms with van der Waals surface area (Å²) < 4.78 is 61.0. The Morgan fingerprint density at radius 1 is 1.27 bits per heavy atom. The normalized spacial score (nSPS) is 15.2. The lowest BCUT2D eigenvalue weighted by Gasteiger charge is -2.26. The largest absolute Gasteiger partial charge is 0.408 e. The van der Waals surface area contributed by atoms with Gasteiger partial charge in [-0.15, -0.1) is 0 Å². The summed E-state index contributed by atoms with van der Waals surface area (Å²) in [5.74, 6) is -1.71. The van der Waals surface area contributed by atoms with E-state index in [1.165, 1.54) is 6.92 Å². The van der Waals surface area contributed by atoms with Crippen LogP contribution in [-0.4, -0.2) is 26.5 Å². The second kappa shape index (κ2) is 6.66. The average molecular weight is 338 g/mol. The van der Waals surface area contributed by atoms with E-state index in [1.807, 2.05) is 5.32 Å². The molecule has 0 aliphatic rings. The minimum atomic E-state index is -4.56. The number of rotatable bonds is 5. The quantitative estimate of drug-likeness (QED) is 0.861. The van der Waals surface area contributed by atoms with Gasteiger partial charge in [-0.05, 0) is 30.2 Å². The molecule has 0 spiro atoms. The molecule has 0 saturated heterocycles. The molecule has 124 valence electrons. The van der Waals surface area contributed by atoms with Crippen molar-refractivity contribution >= 4 is 15.9 Å². The van der Waals surface area contributed by atoms with Crippen molar-refractivity contribution in [3.63, 3.8) is 0 Å². The van der Waals surface area contributed by atoms with E-state index < -0.39 is 34.1 Å². The predicted octanol–water partition coefficient (Wildman–Crippen LogP) is 2.04. The van der Waals surface area contributed by atoms with Crippen molar-refractivity contribution in [2.24, 2.45) is 11.1 Å². The molecule has 5 nitrogen and oxygen atoms in total. The highest BCUT2D eigenvalue weighted by molar-refractivity contribution is 7.89. The smallest absolute Gasteiger partial charge is 0.340 e. The maximum Gasteiger partial charge on any atom is 0.408 e. The third kappa shape index (κ3) is 4.70. The van der Waals surface area contributed by atoms with E-state index in [4.69, 9.17) is 5.14 Å². The number of benzene rings is 1. The van der Waals surface area contributed by atoms with Crippen LogP contribution in [0, 0.1) is 5.92 Å². The Morgan fingerprint density at radius 2 is 1.77 bits per heavy atom. The van der Waals surface area contributed by atoms with Gasteiger partial charge in [0.25, 0.3) is 5.91 Å². The molecule has 1 amide bonds. The second-order valence-electron chi connectivity index (χ2n) is 4.95. The fraction of sp³-hybridized carbons (Fsp3) is 0.462. The first-order valence-electron chi connectivity index (χ1n) is 6.47. The molecule has 1 rings (SSSR count). The van der Waals surface area contributed by atoms with Gasteiger partial charge < -0.3 is 5.32 Å². The first-order chi connectivity index (χ1) is 9.96. The predicted molar refractivity (Wildman–Crippen MR) is 74.6 cm³/mol. The summed E-state index contributed by atoms with van der Waals surface area (Å²) in [7, 11) is -3.92. The SMILES string of the molecule is CC[C@@H](C)[C@@H](NC(=O)c1ccc(S(N)(=O)=O)cc1)C(F)(F)F. The molecule has 1 aromatic carbocycles. The van der Waals surface area contributed by atoms with Gasteiger partial charge in [-0.3, -0.25) is 4.79 Å². The van der Waals surface area contributed by atoms with Gasteiger partial charge in [0.05, 0.1) is 4.90 Å². The molecule has 0 aliphatic carbocycles. The maximum atomic E-state index is 12.9. The number of hydrogen-bond acceptors (Lipinski definition) is 3. The Labute approximate surface area is 126 Å². The highest BCUT2D eigenvalue weighted by Crippen LogP contribution is 2.27. The van der Waals surface area contributed by atoms with Crippen molar-refractivity contribution in [1.29, 1.82) is 0 Å². The third-order valence-corrected chi connectivity index (χ3v) is 4.23. The highest BCUT2D eigenvalue weighted by atomic mass is 32.2. The highest BCUT2D eigenvalue weighted by Gasteiger charge is 2.43. The zero-order valence-electron chi connectivity index (χ0n) is 12.0. The number of sulfonamides is 1. The van der Waals surface area contributed by atoms with Crippen LogP contribution in [0.4, 0.5) is 13.2 Å². The Bertz CT molecular complexity index is 627. The first kappa shape index (κ1) is 18.4. The van der Waals surface area contributed by atoms with Crippen LogP contribution in [0.5, 0.6) is 0 Å². The topological polar surface area (TPSA) is 89.3 Å². The molecule has 3 N–H and O–H groups in total. The fourth-order valence-electron chi connectivity index (χ4n) is 1.80. The van der Waals surface area contributed by atoms with Crippen LogP contribution in [-0.2, 0) is 10.0 Å². The molecule has 0 unspecified atom stereocenters. The van der Waals surface area contributed by atoms with E-state index in [2.05, 4.69) is 0 Å². The lowest BCUT2D eigenvalue weighted by molar-refractivity contribution is -0.164. The Hall–Kier alpha value is -1.61. The summed E-state index contributed by atoms with van der Waals surface area (Å²) in [5, 5.41) is 6.84. The number of carbonyl (C=O) groups excluding carboxylic acids is 1. The molecule has 22 heavy (non-hydrogen) atoms. The number of halogens is 3. The van der Waals surface area contributed by atoms with Crippen LogP contribution in [0.1, 0.15) is 30.6 Å². The van der Waals surface area contributed by atoms with Gasteiger partial charge in [-0.25, -0.2) is 13.6 Å². The summed E-state index contributed by atoms with van der Waals surface area (Å²) in [6.45, 7) is 2.99. The second-order valence-corrected chi connectivity index (χ2v) is 6.51. The van der Waals surface area contributed by atoms with E-state index in [9.17, 15) is 26.4 Å². The molecule has 2 atom stereocenters. The number of hydrogen-bond donors (Lipinski definition) is 2. The monoisotopic (exact) mass is 338 g/mol. The first-order valence-corrected chi connectivity index (χ1v) is 8.02. The van der Waals surface area contributed by atoms with E-state index in [-0.39, 0.29) is 16.9 Å². The van der Waals surface area contributed by atoms with Crippen LogP contribution < -0.4 is 10.5 Å². The van der Waals surface area contributed by atoms with Crippen LogP contribution >= 0.6 is 0 Å². The maximum absolute atomic E-state index is 12.9. The third-order valence-electron chi connectivity index (χ3n) is 3.30. The Morgan fingerprint density at radius 3 is 2.14 bits per heavy atom. The van der Waals surface area contributed by atoms with E-state index in [0.717, 1.165) is 24.3 Å². The lowest BCUT2D eigenvalue weighted by Crippen LogP contribution is -2.49. The summed E-state index contributed by atoms with van der Waals surface area (Å²) in [5.41, 5.74) is -0.0787. The van der Waals surface area contributed by atoms with Crippen molar-refractivity contribution in [2.75, 3.05) is 0 Å². The van der Waals surface area contributed by atoms with Crippen molar-refractivity contribution < 1.29 is 26.4 Å². The molecule has 9 heteroatoms. The molecule has 0 radical (unpaired) electrons. The molecule has 0 saturated carbocycles. The minimum absolute atomic E-state index is 0.0787. The van der Waals surface area contributed by atoms with Crippen molar-refractivity contribution in [3.8, 4) is 0 Å². The molecule has 0 heterocycles. The van der Waals surface area contributed by atoms with Gasteiger partial charge in [0, 0.05) is 5.56 Å². The number of amides is 1. The van der Waals surface area contributed by atoms with Crippen LogP contribution in [0.15, 0.2) is 29.2 Å². The van der Waals surface area contributed by atoms with Gasteiger partial charge in [0.15, 0.2) is 0 Å². The van der Waals surface area contributed by atoms with Gasteiger partial charge in [0.2, 0.25) is 10.0 Å². The zero-order chi connectivity index (χ0) is 17.1. The molecule has 0 aromatic heterocycles. The van der Waals surface area contributed by atoms with Crippen molar-refractivity contribution in [1.82, 2.24) is 5.32 Å². The molecule has 0 aliphatic heterocycles. The summed E-state index contributed by atoms with van der Waals surface area (Å²) in [6, 6.07) is 2.38. The van der Waals surface area contributed by atoms with Crippen LogP contribution in [0.3, 0.4) is 0 Å². The number of nitrogens with two attached hydrogens (primary N) is 1. The molecular weight excluding hydrogens is 321 g/mol. The molecule has 1 aromatic rings. The van der Waals surface area contributed by atoms with Crippen LogP contribution in [0.25, 0.3) is 0 Å². The molecular formula is C13H17F3N2O3S. The van der Waals surface area contributed by atoms with Gasteiger partial charge in [0.1, 0.15) is 6.04 Å². The lowest BCUT2D eigenvalue weighted by atomic mass is 9.98. The van der Waals surface area contributed by atoms with Gasteiger partial charge in [-0.2, -0.15) is 13.2 Å². The summed E-state index contributed by atoms with van der Waals surface area (Å²) in [6.07, 6.45) is -4.32. The van der Waals surface area contributed by atoms with E-state index >= 15 is 0 Å². The summed E-state index contributed by atoms with van der Waals surface area (Å²) >= 11 is 0. The van der Waals surface area contributed by atoms with Crippen molar-refractivity contribution in [2.45, 2.75) is 37.4 Å². The summed E-state index contributed by atoms with van der Waals surface area (Å²) in [4.78, 5) is 11.7. The standard InChI is InChI=1S/C13H17F3N2O3S/c1-3-8(2)11(13(14,15)16)18-12(19)9-4-6-10(7-5-9)22(17,20)21/h4-8,11H,3H2,1-2H3,(H,18,19)(H2,17,20,21)/t8-,11-/m1/s1. The van der Waals surface area contributed by atoms with Gasteiger partial charge >= 0.3 is 6.18 Å². The minimum Gasteiger partial charge on any atom is -0.340 e. The van der Waals surface area contributed by atoms with E-state index in [1.54, 1.807) is 6.92 Å². The Balaban J connectivity index is 2.96. The Kier molecular flexibility index (Phi) is 5.58. The average Bonchev–Trinajstić information content (AvgIpc) is 2.41. The number of alkyl halides is 3.